The number of ether oxygens (including phenoxy) is 4. The third kappa shape index (κ3) is 26.8. The van der Waals surface area contributed by atoms with Gasteiger partial charge in [0.15, 0.2) is 17.1 Å². The number of aromatic nitrogens is 6. The van der Waals surface area contributed by atoms with E-state index < -0.39 is 106 Å². The van der Waals surface area contributed by atoms with Crippen LogP contribution in [0.5, 0.6) is 46.0 Å². The summed E-state index contributed by atoms with van der Waals surface area (Å²) in [5.41, 5.74) is 24.6. The van der Waals surface area contributed by atoms with Gasteiger partial charge in [-0.1, -0.05) is 46.4 Å². The fourth-order valence-corrected chi connectivity index (χ4v) is 10.9. The van der Waals surface area contributed by atoms with Crippen molar-refractivity contribution >= 4 is 162 Å². The first-order chi connectivity index (χ1) is 59.4. The molecule has 0 unspecified atom stereocenters. The number of nitro groups is 2. The van der Waals surface area contributed by atoms with Gasteiger partial charge in [-0.15, -0.1) is 0 Å². The molecule has 18 N–H and O–H groups in total. The zero-order valence-electron chi connectivity index (χ0n) is 62.7. The van der Waals surface area contributed by atoms with Gasteiger partial charge in [0.1, 0.15) is 40.0 Å². The van der Waals surface area contributed by atoms with Crippen molar-refractivity contribution in [3.8, 4) is 46.0 Å². The normalized spacial score (nSPS) is 11.0. The molecule has 0 radical (unpaired) electrons. The fraction of sp³-hybridized carbons (Fsp3) is 0.0519. The number of nitrogens with two attached hydrogens (primary N) is 5. The lowest BCUT2D eigenvalue weighted by molar-refractivity contribution is -0.385. The van der Waals surface area contributed by atoms with Crippen molar-refractivity contribution in [3.63, 3.8) is 0 Å². The van der Waals surface area contributed by atoms with Crippen molar-refractivity contribution in [2.75, 3.05) is 60.6 Å². The van der Waals surface area contributed by atoms with Crippen molar-refractivity contribution in [2.45, 2.75) is 24.7 Å². The molecule has 0 aliphatic carbocycles. The molecule has 652 valence electrons. The predicted octanol–water partition coefficient (Wildman–Crippen LogP) is 21.7. The van der Waals surface area contributed by atoms with Crippen molar-refractivity contribution in [1.29, 1.82) is 0 Å². The topological polar surface area (TPSA) is 506 Å². The second kappa shape index (κ2) is 41.1. The number of carbonyl (C=O) groups is 3. The van der Waals surface area contributed by atoms with Crippen molar-refractivity contribution in [1.82, 2.24) is 29.9 Å². The second-order valence-electron chi connectivity index (χ2n) is 24.5. The molecule has 0 fully saturated rings. The number of rotatable bonds is 17. The van der Waals surface area contributed by atoms with Crippen molar-refractivity contribution in [2.24, 2.45) is 4.99 Å². The molecule has 0 spiro atoms. The number of aromatic amines is 2. The van der Waals surface area contributed by atoms with E-state index in [1.807, 2.05) is 0 Å². The monoisotopic (exact) mass is 1830 g/mol. The number of aliphatic imine (C=N–C) groups is 1. The van der Waals surface area contributed by atoms with Crippen LogP contribution >= 0.6 is 46.4 Å². The minimum atomic E-state index is -4.67. The Morgan fingerprint density at radius 1 is 0.389 bits per heavy atom. The Hall–Kier alpha value is -15.9. The van der Waals surface area contributed by atoms with E-state index in [9.17, 15) is 96.9 Å². The van der Waals surface area contributed by atoms with Crippen LogP contribution in [0.25, 0.3) is 11.2 Å². The van der Waals surface area contributed by atoms with Gasteiger partial charge in [-0.25, -0.2) is 43.9 Å². The van der Waals surface area contributed by atoms with Gasteiger partial charge >= 0.3 is 59.9 Å². The number of benzene rings is 8. The minimum absolute atomic E-state index is 0.0391. The van der Waals surface area contributed by atoms with Crippen LogP contribution in [0.3, 0.4) is 0 Å². The number of fused-ring (bicyclic) bond motifs is 1. The molecule has 13 rings (SSSR count). The quantitative estimate of drug-likeness (QED) is 0.0101. The molecule has 5 aromatic heterocycles. The summed E-state index contributed by atoms with van der Waals surface area (Å²) < 4.78 is 175. The van der Waals surface area contributed by atoms with E-state index in [-0.39, 0.29) is 74.5 Å². The maximum absolute atomic E-state index is 12.9. The lowest BCUT2D eigenvalue weighted by atomic mass is 10.2. The molecule has 49 heteroatoms. The number of isocyanates is 1. The summed E-state index contributed by atoms with van der Waals surface area (Å²) in [5, 5.41) is 34.5. The summed E-state index contributed by atoms with van der Waals surface area (Å²) in [6, 6.07) is 40.1. The average Bonchev–Trinajstić information content (AvgIpc) is 1.60. The first kappa shape index (κ1) is 94.0. The van der Waals surface area contributed by atoms with Crippen LogP contribution in [0.2, 0.25) is 20.1 Å². The minimum Gasteiger partial charge on any atom is -0.455 e. The Labute approximate surface area is 717 Å². The molecule has 0 aliphatic rings. The number of H-pyrrole nitrogens is 2. The molecule has 13 aromatic rings. The van der Waals surface area contributed by atoms with E-state index in [0.29, 0.717) is 69.1 Å². The summed E-state index contributed by atoms with van der Waals surface area (Å²) in [7, 11) is 0. The number of nitrogen functional groups attached to an aromatic ring is 5. The molecule has 0 aliphatic heterocycles. The zero-order valence-corrected chi connectivity index (χ0v) is 65.7. The van der Waals surface area contributed by atoms with Gasteiger partial charge in [-0.2, -0.15) is 57.7 Å². The molecule has 0 saturated heterocycles. The molecule has 0 saturated carbocycles. The number of hydrogen-bond donors (Lipinski definition) is 13. The highest BCUT2D eigenvalue weighted by Gasteiger charge is 2.37. The van der Waals surface area contributed by atoms with E-state index in [1.165, 1.54) is 97.6 Å². The standard InChI is InChI=1S/C20H13ClF3N5O3.C19H13ClF3N5O4.C19H15ClF3N5O2.C11H10N4O3.C8H3ClF3NO/c21-14-6-3-11(9-13(14)20(22,23)24)27-18(30)26-10-1-4-12(5-2-10)32-15-7-8-25-17-16(15)28-19(31)29-17;20-14-6-3-11(9-13(14)19(21,22)23)27-18(29)26-10-1-4-12(5-2-10)32-15-7-8-25-17(24)16(15)28(30)31;20-14-6-3-11(9-13(14)19(21,22)23)28-18(29)27-10-1-4-12(5-2-10)30-15-7-8-26-17(25)16(15)24;12-7-1-3-8(4-2-7)18-9-5-6-14-11(13)10(9)15(16)17;9-7-2-1-5(13-4-14)3-6(7)8(10,11)12/h1-9H,(H2,26,27,30)(H2,25,28,29,31);1-9H,(H2,24,25)(H2,26,27,29);1-9H,24H2,(H2,25,26)(H2,27,28,29);1-6H,12H2,(H2,13,14);1-3H. The lowest BCUT2D eigenvalue weighted by Crippen LogP contribution is -2.19. The summed E-state index contributed by atoms with van der Waals surface area (Å²) >= 11 is 22.0. The molecule has 8 aromatic carbocycles. The van der Waals surface area contributed by atoms with Gasteiger partial charge < -0.3 is 84.5 Å². The number of halogens is 16. The highest BCUT2D eigenvalue weighted by molar-refractivity contribution is 6.32. The Balaban J connectivity index is 0.000000183. The molecule has 0 atom stereocenters. The van der Waals surface area contributed by atoms with Gasteiger partial charge in [-0.05, 0) is 170 Å². The number of urea groups is 3. The second-order valence-corrected chi connectivity index (χ2v) is 26.2. The number of pyridine rings is 4. The van der Waals surface area contributed by atoms with Crippen molar-refractivity contribution in [3.05, 3.63) is 292 Å². The van der Waals surface area contributed by atoms with Gasteiger partial charge in [0.25, 0.3) is 0 Å². The zero-order chi connectivity index (χ0) is 92.1. The Kier molecular flexibility index (Phi) is 30.7. The molecular weight excluding hydrogens is 1780 g/mol. The number of nitrogens with one attached hydrogen (secondary N) is 8. The molecule has 5 heterocycles. The van der Waals surface area contributed by atoms with Gasteiger partial charge in [-0.3, -0.25) is 25.2 Å². The Morgan fingerprint density at radius 3 is 1.04 bits per heavy atom. The number of anilines is 11. The lowest BCUT2D eigenvalue weighted by Gasteiger charge is -2.13. The molecule has 6 amide bonds. The first-order valence-electron chi connectivity index (χ1n) is 34.4. The highest BCUT2D eigenvalue weighted by atomic mass is 35.5. The number of amides is 6. The van der Waals surface area contributed by atoms with Crippen LogP contribution in [-0.4, -0.2) is 63.9 Å². The average molecular weight is 1840 g/mol. The summed E-state index contributed by atoms with van der Waals surface area (Å²) in [4.78, 5) is 102. The molecular formula is C77H54Cl4F12N20O13. The SMILES string of the molecule is Nc1ccc(Oc2ccnc(N)c2[N+](=O)[O-])cc1.Nc1nccc(Oc2ccc(NC(=O)Nc3ccc(Cl)c(C(F)(F)F)c3)cc2)c1N.Nc1nccc(Oc2ccc(NC(=O)Nc3ccc(Cl)c(C(F)(F)F)c3)cc2)c1[N+](=O)[O-].O=C(Nc1ccc(Oc2ccnc3[nH]c(=O)[nH]c23)cc1)Nc1ccc(Cl)c(C(F)(F)F)c1.O=C=Nc1ccc(Cl)c(C(F)(F)F)c1. The van der Waals surface area contributed by atoms with Crippen LogP contribution in [0.15, 0.2) is 229 Å². The fourth-order valence-electron chi connectivity index (χ4n) is 10.0. The van der Waals surface area contributed by atoms with Crippen LogP contribution in [0.1, 0.15) is 22.3 Å². The predicted molar refractivity (Wildman–Crippen MR) is 442 cm³/mol. The number of hydrogen-bond acceptors (Lipinski definition) is 23. The van der Waals surface area contributed by atoms with E-state index in [4.69, 9.17) is 94.0 Å². The van der Waals surface area contributed by atoms with Crippen molar-refractivity contribution < 1.29 is 101 Å². The van der Waals surface area contributed by atoms with E-state index in [0.717, 1.165) is 42.5 Å². The van der Waals surface area contributed by atoms with Gasteiger partial charge in [0, 0.05) is 88.9 Å². The summed E-state index contributed by atoms with van der Waals surface area (Å²) in [6.45, 7) is 0. The summed E-state index contributed by atoms with van der Waals surface area (Å²) in [5.74, 6) is 1.73. The number of alkyl halides is 12. The third-order valence-electron chi connectivity index (χ3n) is 15.7. The first-order valence-corrected chi connectivity index (χ1v) is 35.9. The van der Waals surface area contributed by atoms with E-state index >= 15 is 0 Å². The number of nitrogens with zero attached hydrogens (tertiary/aromatic N) is 7. The molecule has 0 bridgehead atoms. The smallest absolute Gasteiger partial charge is 0.417 e. The van der Waals surface area contributed by atoms with E-state index in [2.05, 4.69) is 66.8 Å². The Morgan fingerprint density at radius 2 is 0.683 bits per heavy atom. The van der Waals surface area contributed by atoms with E-state index in [1.54, 1.807) is 72.8 Å². The van der Waals surface area contributed by atoms with Gasteiger partial charge in [0.05, 0.1) is 57.9 Å². The number of imidazole rings is 1. The van der Waals surface area contributed by atoms with Crippen LogP contribution in [-0.2, 0) is 29.5 Å². The van der Waals surface area contributed by atoms with Crippen LogP contribution < -0.4 is 85.2 Å². The van der Waals surface area contributed by atoms with Gasteiger partial charge in [0.2, 0.25) is 29.2 Å². The van der Waals surface area contributed by atoms with Crippen LogP contribution in [0.4, 0.5) is 147 Å². The Bertz CT molecular complexity index is 6260. The highest BCUT2D eigenvalue weighted by Crippen LogP contribution is 2.43. The number of carbonyl (C=O) groups excluding carboxylic acids is 4. The maximum Gasteiger partial charge on any atom is 0.417 e. The molecule has 126 heavy (non-hydrogen) atoms. The largest absolute Gasteiger partial charge is 0.455 e. The summed E-state index contributed by atoms with van der Waals surface area (Å²) in [6.07, 6.45) is -11.8. The maximum atomic E-state index is 12.9. The third-order valence-corrected chi connectivity index (χ3v) is 17.0. The molecule has 33 nitrogen and oxygen atoms in total. The van der Waals surface area contributed by atoms with Crippen LogP contribution in [0, 0.1) is 20.2 Å².